The lowest BCUT2D eigenvalue weighted by Crippen LogP contribution is -2.15. The van der Waals surface area contributed by atoms with Crippen molar-refractivity contribution in [2.45, 2.75) is 26.3 Å². The van der Waals surface area contributed by atoms with Crippen LogP contribution in [0.5, 0.6) is 0 Å². The molecule has 1 aromatic rings. The third kappa shape index (κ3) is 1.70. The summed E-state index contributed by atoms with van der Waals surface area (Å²) in [5, 5.41) is 3.87. The maximum absolute atomic E-state index is 13.2. The second-order valence-corrected chi connectivity index (χ2v) is 5.52. The quantitative estimate of drug-likeness (QED) is 0.716. The van der Waals surface area contributed by atoms with Crippen LogP contribution in [0, 0.1) is 11.8 Å². The SMILES string of the molecule is Cc1cc2c(s1)[N+](=O)C1=C(C=C(F)CC1)NC2. The van der Waals surface area contributed by atoms with Crippen molar-refractivity contribution in [1.29, 1.82) is 0 Å². The summed E-state index contributed by atoms with van der Waals surface area (Å²) in [5.41, 5.74) is 2.27. The van der Waals surface area contributed by atoms with Crippen molar-refractivity contribution >= 4 is 16.3 Å². The largest absolute Gasteiger partial charge is 0.375 e. The van der Waals surface area contributed by atoms with Gasteiger partial charge in [0.2, 0.25) is 0 Å². The number of hydrogen-bond donors (Lipinski definition) is 1. The van der Waals surface area contributed by atoms with Crippen LogP contribution < -0.4 is 5.32 Å². The molecule has 1 aliphatic heterocycles. The predicted molar refractivity (Wildman–Crippen MR) is 64.6 cm³/mol. The molecule has 0 spiro atoms. The highest BCUT2D eigenvalue weighted by Crippen LogP contribution is 2.37. The van der Waals surface area contributed by atoms with Crippen LogP contribution >= 0.6 is 11.3 Å². The van der Waals surface area contributed by atoms with E-state index in [1.165, 1.54) is 17.4 Å². The molecule has 0 saturated carbocycles. The molecule has 0 bridgehead atoms. The summed E-state index contributed by atoms with van der Waals surface area (Å²) < 4.78 is 14.2. The second kappa shape index (κ2) is 3.77. The zero-order valence-electron chi connectivity index (χ0n) is 9.42. The monoisotopic (exact) mass is 251 g/mol. The van der Waals surface area contributed by atoms with Gasteiger partial charge in [0.15, 0.2) is 0 Å². The van der Waals surface area contributed by atoms with E-state index in [1.807, 2.05) is 13.0 Å². The Morgan fingerprint density at radius 1 is 1.47 bits per heavy atom. The Labute approximate surface area is 102 Å². The molecule has 0 radical (unpaired) electrons. The number of nitrogens with zero attached hydrogens (tertiary/aromatic N) is 1. The standard InChI is InChI=1S/C12H12FN2OS/c1-7-4-8-6-14-10-5-9(13)2-3-11(10)15(16)12(8)17-7/h4-5,14H,2-3,6H2,1H3/q+1. The lowest BCUT2D eigenvalue weighted by molar-refractivity contribution is -0.407. The first kappa shape index (κ1) is 10.7. The van der Waals surface area contributed by atoms with Crippen LogP contribution in [0.15, 0.2) is 29.4 Å². The van der Waals surface area contributed by atoms with Crippen LogP contribution in [0.1, 0.15) is 23.3 Å². The number of nitrogens with one attached hydrogen (secondary N) is 1. The van der Waals surface area contributed by atoms with Gasteiger partial charge >= 0.3 is 5.00 Å². The van der Waals surface area contributed by atoms with E-state index in [4.69, 9.17) is 0 Å². The summed E-state index contributed by atoms with van der Waals surface area (Å²) in [7, 11) is 0. The van der Waals surface area contributed by atoms with Gasteiger partial charge in [-0.05, 0) is 19.1 Å². The highest BCUT2D eigenvalue weighted by atomic mass is 32.1. The molecular formula is C12H12FN2OS+. The van der Waals surface area contributed by atoms with E-state index in [0.29, 0.717) is 30.8 Å². The Kier molecular flexibility index (Phi) is 2.36. The third-order valence-electron chi connectivity index (χ3n) is 3.02. The minimum atomic E-state index is -0.161. The van der Waals surface area contributed by atoms with Gasteiger partial charge in [-0.1, -0.05) is 11.3 Å². The molecule has 3 rings (SSSR count). The van der Waals surface area contributed by atoms with Gasteiger partial charge in [-0.25, -0.2) is 4.39 Å². The zero-order chi connectivity index (χ0) is 12.0. The summed E-state index contributed by atoms with van der Waals surface area (Å²) in [6, 6.07) is 2.01. The third-order valence-corrected chi connectivity index (χ3v) is 4.08. The highest BCUT2D eigenvalue weighted by Gasteiger charge is 2.34. The van der Waals surface area contributed by atoms with E-state index in [9.17, 15) is 9.30 Å². The number of hydrogen-bond acceptors (Lipinski definition) is 3. The molecule has 5 heteroatoms. The normalized spacial score (nSPS) is 19.2. The van der Waals surface area contributed by atoms with Gasteiger partial charge < -0.3 is 5.32 Å². The smallest absolute Gasteiger partial charge is 0.322 e. The lowest BCUT2D eigenvalue weighted by atomic mass is 10.1. The number of fused-ring (bicyclic) bond motifs is 1. The lowest BCUT2D eigenvalue weighted by Gasteiger charge is -2.08. The average molecular weight is 251 g/mol. The fraction of sp³-hybridized carbons (Fsp3) is 0.333. The maximum Gasteiger partial charge on any atom is 0.322 e. The fourth-order valence-electron chi connectivity index (χ4n) is 2.21. The molecule has 0 atom stereocenters. The molecule has 17 heavy (non-hydrogen) atoms. The first-order valence-corrected chi connectivity index (χ1v) is 6.36. The van der Waals surface area contributed by atoms with Crippen molar-refractivity contribution in [2.24, 2.45) is 0 Å². The van der Waals surface area contributed by atoms with Crippen molar-refractivity contribution in [2.75, 3.05) is 0 Å². The highest BCUT2D eigenvalue weighted by molar-refractivity contribution is 7.15. The van der Waals surface area contributed by atoms with Gasteiger partial charge in [-0.2, -0.15) is 0 Å². The molecule has 3 nitrogen and oxygen atoms in total. The topological polar surface area (TPSA) is 32.1 Å². The van der Waals surface area contributed by atoms with Gasteiger partial charge in [0.25, 0.3) is 5.70 Å². The van der Waals surface area contributed by atoms with Gasteiger partial charge in [0.05, 0.1) is 10.3 Å². The molecule has 1 N–H and O–H groups in total. The molecule has 0 amide bonds. The van der Waals surface area contributed by atoms with E-state index in [-0.39, 0.29) is 5.83 Å². The number of nitroso groups, excluding NO2 is 1. The zero-order valence-corrected chi connectivity index (χ0v) is 10.2. The van der Waals surface area contributed by atoms with E-state index in [2.05, 4.69) is 5.32 Å². The fourth-order valence-corrected chi connectivity index (χ4v) is 3.18. The number of halogens is 1. The van der Waals surface area contributed by atoms with E-state index < -0.39 is 0 Å². The van der Waals surface area contributed by atoms with Gasteiger partial charge in [0, 0.05) is 29.2 Å². The molecule has 0 aromatic carbocycles. The van der Waals surface area contributed by atoms with Crippen LogP contribution in [0.25, 0.3) is 0 Å². The van der Waals surface area contributed by atoms with Crippen LogP contribution in [0.3, 0.4) is 0 Å². The second-order valence-electron chi connectivity index (χ2n) is 4.29. The molecule has 0 unspecified atom stereocenters. The van der Waals surface area contributed by atoms with E-state index in [1.54, 1.807) is 0 Å². The Morgan fingerprint density at radius 2 is 2.29 bits per heavy atom. The van der Waals surface area contributed by atoms with Crippen molar-refractivity contribution in [3.63, 3.8) is 0 Å². The molecule has 0 saturated heterocycles. The molecule has 1 aliphatic carbocycles. The summed E-state index contributed by atoms with van der Waals surface area (Å²) in [6.45, 7) is 2.57. The van der Waals surface area contributed by atoms with Crippen molar-refractivity contribution in [1.82, 2.24) is 5.32 Å². The summed E-state index contributed by atoms with van der Waals surface area (Å²) in [6.07, 6.45) is 2.22. The summed E-state index contributed by atoms with van der Waals surface area (Å²) >= 11 is 1.49. The van der Waals surface area contributed by atoms with Crippen LogP contribution in [-0.4, -0.2) is 4.76 Å². The molecule has 2 aliphatic rings. The molecule has 2 heterocycles. The number of aryl methyl sites for hydroxylation is 1. The van der Waals surface area contributed by atoms with E-state index >= 15 is 0 Å². The van der Waals surface area contributed by atoms with Crippen LogP contribution in [-0.2, 0) is 6.54 Å². The molecular weight excluding hydrogens is 239 g/mol. The Hall–Kier alpha value is -1.49. The first-order chi connectivity index (χ1) is 8.15. The summed E-state index contributed by atoms with van der Waals surface area (Å²) in [5.74, 6) is -0.161. The van der Waals surface area contributed by atoms with Crippen LogP contribution in [0.2, 0.25) is 0 Å². The van der Waals surface area contributed by atoms with Crippen molar-refractivity contribution < 1.29 is 9.15 Å². The van der Waals surface area contributed by atoms with Gasteiger partial charge in [0.1, 0.15) is 11.5 Å². The Balaban J connectivity index is 2.10. The van der Waals surface area contributed by atoms with E-state index in [0.717, 1.165) is 20.2 Å². The van der Waals surface area contributed by atoms with Gasteiger partial charge in [-0.15, -0.1) is 0 Å². The Bertz CT molecular complexity index is 571. The van der Waals surface area contributed by atoms with Crippen molar-refractivity contribution in [3.8, 4) is 0 Å². The number of rotatable bonds is 0. The first-order valence-electron chi connectivity index (χ1n) is 5.55. The molecule has 0 fully saturated rings. The number of allylic oxidation sites excluding steroid dienone is 3. The summed E-state index contributed by atoms with van der Waals surface area (Å²) in [4.78, 5) is 13.4. The molecule has 1 aromatic heterocycles. The predicted octanol–water partition coefficient (Wildman–Crippen LogP) is 3.43. The van der Waals surface area contributed by atoms with Gasteiger partial charge in [-0.3, -0.25) is 0 Å². The average Bonchev–Trinajstić information content (AvgIpc) is 2.62. The maximum atomic E-state index is 13.2. The number of thiophene rings is 1. The van der Waals surface area contributed by atoms with Crippen LogP contribution in [0.4, 0.5) is 9.39 Å². The Morgan fingerprint density at radius 3 is 3.12 bits per heavy atom. The minimum absolute atomic E-state index is 0.161. The van der Waals surface area contributed by atoms with Crippen molar-refractivity contribution in [3.05, 3.63) is 44.7 Å². The molecule has 88 valence electrons. The minimum Gasteiger partial charge on any atom is -0.375 e.